The first-order valence-corrected chi connectivity index (χ1v) is 10.7. The first kappa shape index (κ1) is 23.4. The van der Waals surface area contributed by atoms with Crippen LogP contribution in [-0.2, 0) is 14.3 Å². The van der Waals surface area contributed by atoms with E-state index < -0.39 is 12.1 Å². The monoisotopic (exact) mass is 438 g/mol. The molecular formula is C21H31FN4O5. The third kappa shape index (κ3) is 7.73. The summed E-state index contributed by atoms with van der Waals surface area (Å²) in [5.41, 5.74) is 0.474. The lowest BCUT2D eigenvalue weighted by atomic mass is 9.97. The molecule has 3 amide bonds. The molecule has 2 heterocycles. The van der Waals surface area contributed by atoms with Crippen molar-refractivity contribution in [3.05, 3.63) is 30.1 Å². The molecule has 0 aliphatic carbocycles. The molecule has 0 saturated carbocycles. The number of carbonyl (C=O) groups excluding carboxylic acids is 2. The van der Waals surface area contributed by atoms with E-state index in [1.54, 1.807) is 0 Å². The van der Waals surface area contributed by atoms with Gasteiger partial charge in [0, 0.05) is 25.3 Å². The van der Waals surface area contributed by atoms with Gasteiger partial charge in [0.1, 0.15) is 11.9 Å². The summed E-state index contributed by atoms with van der Waals surface area (Å²) < 4.78 is 24.2. The maximum absolute atomic E-state index is 13.0. The van der Waals surface area contributed by atoms with Crippen LogP contribution in [0.25, 0.3) is 0 Å². The number of aliphatic hydroxyl groups excluding tert-OH is 1. The molecule has 0 bridgehead atoms. The second kappa shape index (κ2) is 11.9. The van der Waals surface area contributed by atoms with Crippen molar-refractivity contribution in [3.8, 4) is 0 Å². The smallest absolute Gasteiger partial charge is 0.319 e. The normalized spacial score (nSPS) is 24.4. The first-order chi connectivity index (χ1) is 15.0. The number of hydrogen-bond acceptors (Lipinski definition) is 6. The average Bonchev–Trinajstić information content (AvgIpc) is 2.77. The average molecular weight is 439 g/mol. The molecule has 0 radical (unpaired) electrons. The number of benzene rings is 1. The molecule has 2 aliphatic heterocycles. The van der Waals surface area contributed by atoms with Crippen molar-refractivity contribution >= 4 is 17.6 Å². The van der Waals surface area contributed by atoms with Gasteiger partial charge in [-0.15, -0.1) is 0 Å². The topological polar surface area (TPSA) is 112 Å². The van der Waals surface area contributed by atoms with Gasteiger partial charge in [0.25, 0.3) is 0 Å². The summed E-state index contributed by atoms with van der Waals surface area (Å²) in [6, 6.07) is 4.70. The highest BCUT2D eigenvalue weighted by Gasteiger charge is 2.31. The lowest BCUT2D eigenvalue weighted by Crippen LogP contribution is -2.52. The summed E-state index contributed by atoms with van der Waals surface area (Å²) in [6.45, 7) is 3.48. The van der Waals surface area contributed by atoms with Gasteiger partial charge < -0.3 is 30.5 Å². The van der Waals surface area contributed by atoms with Crippen molar-refractivity contribution in [2.24, 2.45) is 0 Å². The van der Waals surface area contributed by atoms with Gasteiger partial charge in [-0.05, 0) is 43.5 Å². The minimum absolute atomic E-state index is 0.0200. The van der Waals surface area contributed by atoms with E-state index in [0.717, 1.165) is 13.1 Å². The fourth-order valence-electron chi connectivity index (χ4n) is 3.77. The van der Waals surface area contributed by atoms with Gasteiger partial charge in [-0.25, -0.2) is 9.18 Å². The van der Waals surface area contributed by atoms with E-state index in [1.165, 1.54) is 24.3 Å². The van der Waals surface area contributed by atoms with Crippen molar-refractivity contribution in [1.29, 1.82) is 0 Å². The highest BCUT2D eigenvalue weighted by atomic mass is 19.1. The standard InChI is InChI=1S/C21H31FN4O5/c22-15-1-3-16(4-2-15)24-21(29)25-18-6-5-17(31-19(18)14-27)7-8-23-20(28)13-26-9-11-30-12-10-26/h1-4,17-19,27H,5-14H2,(H,23,28)(H2,24,25,29)/t17-,18-,19-/m1/s1. The largest absolute Gasteiger partial charge is 0.394 e. The van der Waals surface area contributed by atoms with E-state index in [0.29, 0.717) is 51.3 Å². The van der Waals surface area contributed by atoms with Gasteiger partial charge in [-0.1, -0.05) is 0 Å². The number of ether oxygens (including phenoxy) is 2. The molecule has 1 aromatic rings. The molecule has 31 heavy (non-hydrogen) atoms. The number of amides is 3. The molecule has 2 saturated heterocycles. The number of urea groups is 1. The van der Waals surface area contributed by atoms with Gasteiger partial charge in [0.15, 0.2) is 0 Å². The van der Waals surface area contributed by atoms with Crippen LogP contribution in [0, 0.1) is 5.82 Å². The highest BCUT2D eigenvalue weighted by molar-refractivity contribution is 5.89. The molecule has 10 heteroatoms. The predicted octanol–water partition coefficient (Wildman–Crippen LogP) is 0.694. The van der Waals surface area contributed by atoms with E-state index in [1.807, 2.05) is 0 Å². The van der Waals surface area contributed by atoms with E-state index in [9.17, 15) is 19.1 Å². The zero-order valence-electron chi connectivity index (χ0n) is 17.5. The molecule has 2 aliphatic rings. The van der Waals surface area contributed by atoms with E-state index in [4.69, 9.17) is 9.47 Å². The number of hydrogen-bond donors (Lipinski definition) is 4. The van der Waals surface area contributed by atoms with Gasteiger partial charge in [0.2, 0.25) is 5.91 Å². The summed E-state index contributed by atoms with van der Waals surface area (Å²) in [5, 5.41) is 18.0. The zero-order chi connectivity index (χ0) is 22.1. The number of aliphatic hydroxyl groups is 1. The van der Waals surface area contributed by atoms with E-state index >= 15 is 0 Å². The van der Waals surface area contributed by atoms with Crippen molar-refractivity contribution in [3.63, 3.8) is 0 Å². The SMILES string of the molecule is O=C(CN1CCOCC1)NCC[C@H]1CC[C@@H](NC(=O)Nc2ccc(F)cc2)[C@@H](CO)O1. The summed E-state index contributed by atoms with van der Waals surface area (Å²) in [7, 11) is 0. The van der Waals surface area contributed by atoms with Crippen LogP contribution in [0.15, 0.2) is 24.3 Å². The van der Waals surface area contributed by atoms with Gasteiger partial charge in [-0.2, -0.15) is 0 Å². The Morgan fingerprint density at radius 3 is 2.61 bits per heavy atom. The molecule has 0 spiro atoms. The van der Waals surface area contributed by atoms with Crippen LogP contribution in [0.1, 0.15) is 19.3 Å². The van der Waals surface area contributed by atoms with Crippen LogP contribution in [0.2, 0.25) is 0 Å². The lowest BCUT2D eigenvalue weighted by Gasteiger charge is -2.36. The summed E-state index contributed by atoms with van der Waals surface area (Å²) in [6.07, 6.45) is 1.37. The minimum Gasteiger partial charge on any atom is -0.394 e. The molecule has 2 fully saturated rings. The molecule has 0 aromatic heterocycles. The van der Waals surface area contributed by atoms with Gasteiger partial charge in [-0.3, -0.25) is 9.69 Å². The molecule has 3 atom stereocenters. The number of morpholine rings is 1. The Hall–Kier alpha value is -2.27. The lowest BCUT2D eigenvalue weighted by molar-refractivity contribution is -0.123. The van der Waals surface area contributed by atoms with Crippen LogP contribution in [0.3, 0.4) is 0 Å². The van der Waals surface area contributed by atoms with Crippen LogP contribution in [-0.4, -0.2) is 86.2 Å². The van der Waals surface area contributed by atoms with Crippen LogP contribution in [0.4, 0.5) is 14.9 Å². The number of rotatable bonds is 8. The number of nitrogens with zero attached hydrogens (tertiary/aromatic N) is 1. The number of nitrogens with one attached hydrogen (secondary N) is 3. The summed E-state index contributed by atoms with van der Waals surface area (Å²) in [4.78, 5) is 26.3. The van der Waals surface area contributed by atoms with E-state index in [-0.39, 0.29) is 30.5 Å². The Labute approximate surface area is 181 Å². The highest BCUT2D eigenvalue weighted by Crippen LogP contribution is 2.22. The second-order valence-corrected chi connectivity index (χ2v) is 7.80. The zero-order valence-corrected chi connectivity index (χ0v) is 17.5. The molecule has 4 N–H and O–H groups in total. The Morgan fingerprint density at radius 1 is 1.16 bits per heavy atom. The third-order valence-corrected chi connectivity index (χ3v) is 5.47. The quantitative estimate of drug-likeness (QED) is 0.475. The predicted molar refractivity (Wildman–Crippen MR) is 112 cm³/mol. The second-order valence-electron chi connectivity index (χ2n) is 7.80. The Kier molecular flexibility index (Phi) is 9.01. The minimum atomic E-state index is -0.526. The Morgan fingerprint density at radius 2 is 1.90 bits per heavy atom. The number of halogens is 1. The third-order valence-electron chi connectivity index (χ3n) is 5.47. The molecule has 172 valence electrons. The van der Waals surface area contributed by atoms with Gasteiger partial charge in [0.05, 0.1) is 38.5 Å². The van der Waals surface area contributed by atoms with E-state index in [2.05, 4.69) is 20.9 Å². The maximum Gasteiger partial charge on any atom is 0.319 e. The maximum atomic E-state index is 13.0. The fraction of sp³-hybridized carbons (Fsp3) is 0.619. The first-order valence-electron chi connectivity index (χ1n) is 10.7. The number of anilines is 1. The molecule has 9 nitrogen and oxygen atoms in total. The van der Waals surface area contributed by atoms with Crippen molar-refractivity contribution < 1.29 is 28.6 Å². The van der Waals surface area contributed by atoms with Crippen LogP contribution in [0.5, 0.6) is 0 Å². The van der Waals surface area contributed by atoms with Gasteiger partial charge >= 0.3 is 6.03 Å². The molecule has 1 aromatic carbocycles. The van der Waals surface area contributed by atoms with Crippen molar-refractivity contribution in [2.75, 3.05) is 51.3 Å². The molecule has 3 rings (SSSR count). The number of carbonyl (C=O) groups is 2. The summed E-state index contributed by atoms with van der Waals surface area (Å²) >= 11 is 0. The summed E-state index contributed by atoms with van der Waals surface area (Å²) in [5.74, 6) is -0.399. The van der Waals surface area contributed by atoms with Crippen molar-refractivity contribution in [2.45, 2.75) is 37.5 Å². The Bertz CT molecular complexity index is 714. The van der Waals surface area contributed by atoms with Crippen molar-refractivity contribution in [1.82, 2.24) is 15.5 Å². The fourth-order valence-corrected chi connectivity index (χ4v) is 3.77. The van der Waals surface area contributed by atoms with Crippen LogP contribution >= 0.6 is 0 Å². The van der Waals surface area contributed by atoms with Crippen LogP contribution < -0.4 is 16.0 Å². The molecule has 0 unspecified atom stereocenters. The molecular weight excluding hydrogens is 407 g/mol. The Balaban J connectivity index is 1.36.